The second-order valence-corrected chi connectivity index (χ2v) is 6.43. The number of carbonyl (C=O) groups is 1. The molecule has 1 aromatic carbocycles. The van der Waals surface area contributed by atoms with E-state index in [1.807, 2.05) is 0 Å². The van der Waals surface area contributed by atoms with Gasteiger partial charge < -0.3 is 10.2 Å². The number of rotatable bonds is 4. The monoisotopic (exact) mass is 303 g/mol. The van der Waals surface area contributed by atoms with Crippen LogP contribution in [0.15, 0.2) is 23.1 Å². The van der Waals surface area contributed by atoms with Crippen LogP contribution < -0.4 is 0 Å². The Bertz CT molecular complexity index is 631. The van der Waals surface area contributed by atoms with Crippen LogP contribution in [-0.2, 0) is 10.0 Å². The summed E-state index contributed by atoms with van der Waals surface area (Å²) in [6.45, 7) is -0.0421. The van der Waals surface area contributed by atoms with Gasteiger partial charge in [-0.15, -0.1) is 0 Å². The first kappa shape index (κ1) is 14.9. The summed E-state index contributed by atoms with van der Waals surface area (Å²) < 4.78 is 39.2. The van der Waals surface area contributed by atoms with Gasteiger partial charge in [-0.1, -0.05) is 0 Å². The van der Waals surface area contributed by atoms with Crippen LogP contribution in [0.3, 0.4) is 0 Å². The number of sulfonamides is 1. The molecular formula is C12H14FNO5S. The summed E-state index contributed by atoms with van der Waals surface area (Å²) >= 11 is 0. The molecule has 1 aliphatic heterocycles. The van der Waals surface area contributed by atoms with E-state index in [9.17, 15) is 22.7 Å². The minimum absolute atomic E-state index is 0.257. The molecular weight excluding hydrogens is 289 g/mol. The van der Waals surface area contributed by atoms with Crippen LogP contribution in [0.25, 0.3) is 0 Å². The van der Waals surface area contributed by atoms with Gasteiger partial charge in [-0.3, -0.25) is 0 Å². The SMILES string of the molecule is O=C(O)c1cc(S(=O)(=O)N2CCC[C@H]2CO)ccc1F. The number of aromatic carboxylic acids is 1. The summed E-state index contributed by atoms with van der Waals surface area (Å²) in [5.74, 6) is -2.52. The number of hydrogen-bond acceptors (Lipinski definition) is 4. The van der Waals surface area contributed by atoms with Crippen molar-refractivity contribution >= 4 is 16.0 Å². The number of carboxylic acids is 1. The lowest BCUT2D eigenvalue weighted by Gasteiger charge is -2.22. The number of hydrogen-bond donors (Lipinski definition) is 2. The molecule has 1 aliphatic rings. The van der Waals surface area contributed by atoms with E-state index >= 15 is 0 Å². The Kier molecular flexibility index (Phi) is 4.07. The third kappa shape index (κ3) is 2.54. The van der Waals surface area contributed by atoms with Crippen LogP contribution in [0, 0.1) is 5.82 Å². The highest BCUT2D eigenvalue weighted by Crippen LogP contribution is 2.26. The van der Waals surface area contributed by atoms with Gasteiger partial charge in [0.15, 0.2) is 0 Å². The molecule has 0 amide bonds. The first-order valence-corrected chi connectivity index (χ1v) is 7.47. The van der Waals surface area contributed by atoms with Gasteiger partial charge in [0.05, 0.1) is 17.1 Å². The molecule has 1 fully saturated rings. The van der Waals surface area contributed by atoms with E-state index in [1.165, 1.54) is 0 Å². The van der Waals surface area contributed by atoms with Crippen molar-refractivity contribution in [1.82, 2.24) is 4.31 Å². The standard InChI is InChI=1S/C12H14FNO5S/c13-11-4-3-9(6-10(11)12(16)17)20(18,19)14-5-1-2-8(14)7-15/h3-4,6,8,15H,1-2,5,7H2,(H,16,17)/t8-/m0/s1. The summed E-state index contributed by atoms with van der Waals surface area (Å²) in [7, 11) is -3.93. The van der Waals surface area contributed by atoms with Gasteiger partial charge in [-0.25, -0.2) is 17.6 Å². The Morgan fingerprint density at radius 2 is 2.15 bits per heavy atom. The summed E-state index contributed by atoms with van der Waals surface area (Å²) in [4.78, 5) is 10.6. The Hall–Kier alpha value is -1.51. The minimum atomic E-state index is -3.93. The van der Waals surface area contributed by atoms with E-state index in [0.29, 0.717) is 12.8 Å². The second kappa shape index (κ2) is 5.47. The zero-order valence-corrected chi connectivity index (χ0v) is 11.3. The van der Waals surface area contributed by atoms with Crippen molar-refractivity contribution in [1.29, 1.82) is 0 Å². The van der Waals surface area contributed by atoms with E-state index in [-0.39, 0.29) is 18.0 Å². The van der Waals surface area contributed by atoms with Crippen molar-refractivity contribution in [2.75, 3.05) is 13.2 Å². The molecule has 0 saturated carbocycles. The first-order chi connectivity index (χ1) is 9.37. The smallest absolute Gasteiger partial charge is 0.338 e. The highest BCUT2D eigenvalue weighted by atomic mass is 32.2. The van der Waals surface area contributed by atoms with Crippen LogP contribution in [0.2, 0.25) is 0 Å². The van der Waals surface area contributed by atoms with Gasteiger partial charge >= 0.3 is 5.97 Å². The number of nitrogens with zero attached hydrogens (tertiary/aromatic N) is 1. The van der Waals surface area contributed by atoms with Crippen LogP contribution in [0.4, 0.5) is 4.39 Å². The summed E-state index contributed by atoms with van der Waals surface area (Å²) in [6, 6.07) is 2.14. The number of aliphatic hydroxyl groups is 1. The molecule has 1 atom stereocenters. The topological polar surface area (TPSA) is 94.9 Å². The number of halogens is 1. The Morgan fingerprint density at radius 3 is 2.75 bits per heavy atom. The van der Waals surface area contributed by atoms with E-state index < -0.39 is 33.4 Å². The van der Waals surface area contributed by atoms with E-state index in [0.717, 1.165) is 22.5 Å². The summed E-state index contributed by atoms with van der Waals surface area (Å²) in [5.41, 5.74) is -0.689. The number of carboxylic acid groups (broad SMARTS) is 1. The second-order valence-electron chi connectivity index (χ2n) is 4.54. The molecule has 0 aliphatic carbocycles. The maximum atomic E-state index is 13.3. The molecule has 8 heteroatoms. The predicted molar refractivity (Wildman–Crippen MR) is 67.4 cm³/mol. The molecule has 0 bridgehead atoms. The molecule has 0 spiro atoms. The minimum Gasteiger partial charge on any atom is -0.478 e. The van der Waals surface area contributed by atoms with Gasteiger partial charge in [-0.05, 0) is 31.0 Å². The lowest BCUT2D eigenvalue weighted by Crippen LogP contribution is -2.37. The van der Waals surface area contributed by atoms with Gasteiger partial charge in [0.25, 0.3) is 0 Å². The van der Waals surface area contributed by atoms with Crippen molar-refractivity contribution in [2.45, 2.75) is 23.8 Å². The fraction of sp³-hybridized carbons (Fsp3) is 0.417. The average Bonchev–Trinajstić information content (AvgIpc) is 2.87. The van der Waals surface area contributed by atoms with Crippen LogP contribution in [0.5, 0.6) is 0 Å². The number of aliphatic hydroxyl groups excluding tert-OH is 1. The molecule has 6 nitrogen and oxygen atoms in total. The predicted octanol–water partition coefficient (Wildman–Crippen LogP) is 0.669. The Balaban J connectivity index is 2.44. The molecule has 0 radical (unpaired) electrons. The highest BCUT2D eigenvalue weighted by molar-refractivity contribution is 7.89. The molecule has 1 heterocycles. The fourth-order valence-electron chi connectivity index (χ4n) is 2.27. The number of benzene rings is 1. The van der Waals surface area contributed by atoms with Crippen molar-refractivity contribution in [3.05, 3.63) is 29.6 Å². The third-order valence-electron chi connectivity index (χ3n) is 3.31. The fourth-order valence-corrected chi connectivity index (χ4v) is 3.98. The maximum absolute atomic E-state index is 13.3. The van der Waals surface area contributed by atoms with Gasteiger partial charge in [0.1, 0.15) is 5.82 Å². The lowest BCUT2D eigenvalue weighted by molar-refractivity contribution is 0.0691. The summed E-state index contributed by atoms with van der Waals surface area (Å²) in [6.07, 6.45) is 1.17. The van der Waals surface area contributed by atoms with Crippen molar-refractivity contribution in [3.63, 3.8) is 0 Å². The van der Waals surface area contributed by atoms with Crippen molar-refractivity contribution < 1.29 is 27.8 Å². The van der Waals surface area contributed by atoms with Crippen LogP contribution in [-0.4, -0.2) is 48.1 Å². The van der Waals surface area contributed by atoms with E-state index in [4.69, 9.17) is 5.11 Å². The molecule has 2 rings (SSSR count). The zero-order valence-electron chi connectivity index (χ0n) is 10.5. The highest BCUT2D eigenvalue weighted by Gasteiger charge is 2.35. The molecule has 1 saturated heterocycles. The quantitative estimate of drug-likeness (QED) is 0.852. The third-order valence-corrected chi connectivity index (χ3v) is 5.26. The largest absolute Gasteiger partial charge is 0.478 e. The average molecular weight is 303 g/mol. The van der Waals surface area contributed by atoms with Crippen LogP contribution >= 0.6 is 0 Å². The Labute approximate surface area is 115 Å². The van der Waals surface area contributed by atoms with E-state index in [2.05, 4.69) is 0 Å². The molecule has 20 heavy (non-hydrogen) atoms. The van der Waals surface area contributed by atoms with Gasteiger partial charge in [0.2, 0.25) is 10.0 Å². The van der Waals surface area contributed by atoms with Gasteiger partial charge in [0, 0.05) is 12.6 Å². The zero-order chi connectivity index (χ0) is 14.9. The van der Waals surface area contributed by atoms with E-state index in [1.54, 1.807) is 0 Å². The molecule has 2 N–H and O–H groups in total. The Morgan fingerprint density at radius 1 is 1.45 bits per heavy atom. The molecule has 0 aromatic heterocycles. The molecule has 1 aromatic rings. The summed E-state index contributed by atoms with van der Waals surface area (Å²) in [5, 5.41) is 18.0. The van der Waals surface area contributed by atoms with Crippen LogP contribution in [0.1, 0.15) is 23.2 Å². The maximum Gasteiger partial charge on any atom is 0.338 e. The first-order valence-electron chi connectivity index (χ1n) is 6.03. The lowest BCUT2D eigenvalue weighted by atomic mass is 10.2. The van der Waals surface area contributed by atoms with Crippen molar-refractivity contribution in [2.24, 2.45) is 0 Å². The normalized spacial score (nSPS) is 20.2. The van der Waals surface area contributed by atoms with Gasteiger partial charge in [-0.2, -0.15) is 4.31 Å². The molecule has 0 unspecified atom stereocenters. The molecule has 110 valence electrons. The van der Waals surface area contributed by atoms with Crippen molar-refractivity contribution in [3.8, 4) is 0 Å².